The molecule has 3 fully saturated rings. The monoisotopic (exact) mass is 942 g/mol. The molecule has 6 atom stereocenters. The van der Waals surface area contributed by atoms with Gasteiger partial charge >= 0.3 is 0 Å². The first kappa shape index (κ1) is 48.5. The third-order valence-corrected chi connectivity index (χ3v) is 15.8. The molecule has 362 valence electrons. The molecule has 2 aromatic carbocycles. The van der Waals surface area contributed by atoms with E-state index in [9.17, 15) is 33.0 Å². The number of aryl methyl sites for hydroxylation is 1. The van der Waals surface area contributed by atoms with Gasteiger partial charge in [-0.25, -0.2) is 13.8 Å². The van der Waals surface area contributed by atoms with E-state index in [-0.39, 0.29) is 49.8 Å². The fraction of sp³-hybridized carbons (Fsp3) is 0.551. The van der Waals surface area contributed by atoms with E-state index in [1.807, 2.05) is 39.0 Å². The van der Waals surface area contributed by atoms with Gasteiger partial charge in [0.15, 0.2) is 6.29 Å². The quantitative estimate of drug-likeness (QED) is 0.135. The standard InChI is InChI=1S/C49H66N8O9S/c1-9-56-40-15-14-31-22-36(40)37(44(56)35-12-10-16-50-42(35)29(4)65-8)23-49(5,6)27-66-48(62)38-13-11-17-57(53-38)47(61)39(20-30-18-32(31)21-34(58)19-30)52-45(59)43(28(2)3)54(7)46(60)33-25-55(26-33)67(63,64)41-24-51-41/h10,12,14-16,18-19,21-22,28-29,33,38-39,41,43,48,51,53,58,62H,9,11,13,17,20,23-27H2,1-8H3,(H,52,59)/t29-,38-,39-,41+,43-,48?/m0/s1. The van der Waals surface area contributed by atoms with Crippen LogP contribution in [-0.2, 0) is 53.3 Å². The van der Waals surface area contributed by atoms with E-state index in [1.54, 1.807) is 25.4 Å². The summed E-state index contributed by atoms with van der Waals surface area (Å²) in [5.74, 6) is -2.38. The van der Waals surface area contributed by atoms with E-state index < -0.39 is 63.0 Å². The summed E-state index contributed by atoms with van der Waals surface area (Å²) in [7, 11) is -0.323. The highest BCUT2D eigenvalue weighted by Gasteiger charge is 2.49. The van der Waals surface area contributed by atoms with E-state index in [0.717, 1.165) is 39.0 Å². The van der Waals surface area contributed by atoms with E-state index in [2.05, 4.69) is 59.6 Å². The molecule has 4 aliphatic rings. The fourth-order valence-electron chi connectivity index (χ4n) is 10.0. The van der Waals surface area contributed by atoms with Crippen LogP contribution in [-0.4, -0.2) is 137 Å². The number of aliphatic hydroxyl groups is 1. The number of hydrogen-bond acceptors (Lipinski definition) is 12. The number of nitrogens with one attached hydrogen (secondary N) is 3. The summed E-state index contributed by atoms with van der Waals surface area (Å²) >= 11 is 0. The molecule has 67 heavy (non-hydrogen) atoms. The number of methoxy groups -OCH3 is 1. The van der Waals surface area contributed by atoms with Crippen LogP contribution in [0.1, 0.15) is 77.3 Å². The van der Waals surface area contributed by atoms with Crippen molar-refractivity contribution in [1.29, 1.82) is 0 Å². The van der Waals surface area contributed by atoms with Crippen molar-refractivity contribution < 1.29 is 42.5 Å². The minimum Gasteiger partial charge on any atom is -0.508 e. The van der Waals surface area contributed by atoms with Crippen LogP contribution in [0.25, 0.3) is 33.3 Å². The van der Waals surface area contributed by atoms with Gasteiger partial charge in [-0.3, -0.25) is 29.7 Å². The highest BCUT2D eigenvalue weighted by atomic mass is 32.2. The number of sulfonamides is 1. The first-order chi connectivity index (χ1) is 31.8. The zero-order chi connectivity index (χ0) is 48.1. The normalized spacial score (nSPS) is 23.6. The number of aromatic hydroxyl groups is 1. The molecule has 3 saturated heterocycles. The Morgan fingerprint density at radius 2 is 1.85 bits per heavy atom. The van der Waals surface area contributed by atoms with Crippen molar-refractivity contribution in [2.45, 2.75) is 110 Å². The van der Waals surface area contributed by atoms with Crippen LogP contribution in [0.5, 0.6) is 5.75 Å². The molecule has 8 rings (SSSR count). The van der Waals surface area contributed by atoms with Crippen LogP contribution in [0, 0.1) is 17.3 Å². The summed E-state index contributed by atoms with van der Waals surface area (Å²) in [6.45, 7) is 13.5. The highest BCUT2D eigenvalue weighted by Crippen LogP contribution is 2.42. The average Bonchev–Trinajstić information content (AvgIpc) is 4.10. The first-order valence-corrected chi connectivity index (χ1v) is 24.9. The second-order valence-corrected chi connectivity index (χ2v) is 21.9. The first-order valence-electron chi connectivity index (χ1n) is 23.4. The van der Waals surface area contributed by atoms with E-state index in [0.29, 0.717) is 50.0 Å². The second-order valence-electron chi connectivity index (χ2n) is 19.8. The highest BCUT2D eigenvalue weighted by molar-refractivity contribution is 7.90. The minimum atomic E-state index is -3.53. The number of fused-ring (bicyclic) bond motifs is 6. The van der Waals surface area contributed by atoms with Crippen LogP contribution < -0.4 is 16.1 Å². The van der Waals surface area contributed by atoms with Crippen LogP contribution in [0.3, 0.4) is 0 Å². The average molecular weight is 943 g/mol. The van der Waals surface area contributed by atoms with E-state index in [4.69, 9.17) is 14.5 Å². The Bertz CT molecular complexity index is 2630. The van der Waals surface area contributed by atoms with E-state index >= 15 is 0 Å². The summed E-state index contributed by atoms with van der Waals surface area (Å²) in [6.07, 6.45) is 1.86. The molecule has 6 bridgehead atoms. The lowest BCUT2D eigenvalue weighted by molar-refractivity contribution is -0.164. The number of hydrazine groups is 1. The predicted molar refractivity (Wildman–Crippen MR) is 253 cm³/mol. The van der Waals surface area contributed by atoms with Gasteiger partial charge in [0, 0.05) is 76.0 Å². The van der Waals surface area contributed by atoms with Crippen LogP contribution in [0.15, 0.2) is 54.7 Å². The molecule has 17 nitrogen and oxygen atoms in total. The number of pyridine rings is 1. The molecule has 5 N–H and O–H groups in total. The summed E-state index contributed by atoms with van der Waals surface area (Å²) in [5, 5.41) is 30.6. The second kappa shape index (κ2) is 19.2. The van der Waals surface area contributed by atoms with Gasteiger partial charge in [0.2, 0.25) is 21.8 Å². The summed E-state index contributed by atoms with van der Waals surface area (Å²) in [6, 6.07) is 12.7. The number of nitrogens with zero attached hydrogens (tertiary/aromatic N) is 5. The molecule has 0 radical (unpaired) electrons. The lowest BCUT2D eigenvalue weighted by Crippen LogP contribution is -2.63. The predicted octanol–water partition coefficient (Wildman–Crippen LogP) is 3.92. The van der Waals surface area contributed by atoms with Gasteiger partial charge in [-0.1, -0.05) is 39.8 Å². The van der Waals surface area contributed by atoms with E-state index in [1.165, 1.54) is 21.3 Å². The lowest BCUT2D eigenvalue weighted by atomic mass is 9.84. The van der Waals surface area contributed by atoms with Crippen molar-refractivity contribution in [1.82, 2.24) is 39.8 Å². The summed E-state index contributed by atoms with van der Waals surface area (Å²) in [4.78, 5) is 49.2. The zero-order valence-electron chi connectivity index (χ0n) is 39.8. The number of phenolic OH excluding ortho intramolecular Hbond substituents is 1. The molecule has 1 unspecified atom stereocenters. The number of aliphatic hydroxyl groups excluding tert-OH is 1. The Balaban J connectivity index is 1.17. The molecule has 3 amide bonds. The summed E-state index contributed by atoms with van der Waals surface area (Å²) < 4.78 is 41.2. The molecular weight excluding hydrogens is 877 g/mol. The smallest absolute Gasteiger partial charge is 0.259 e. The van der Waals surface area contributed by atoms with Crippen molar-refractivity contribution in [2.24, 2.45) is 17.3 Å². The number of ether oxygens (including phenoxy) is 2. The van der Waals surface area contributed by atoms with Crippen molar-refractivity contribution in [3.05, 3.63) is 71.5 Å². The molecule has 18 heteroatoms. The maximum absolute atomic E-state index is 14.7. The Hall–Kier alpha value is -4.95. The Kier molecular flexibility index (Phi) is 13.9. The Morgan fingerprint density at radius 3 is 2.54 bits per heavy atom. The zero-order valence-corrected chi connectivity index (χ0v) is 40.6. The van der Waals surface area contributed by atoms with Gasteiger partial charge in [0.25, 0.3) is 5.91 Å². The van der Waals surface area contributed by atoms with Crippen molar-refractivity contribution in [2.75, 3.05) is 46.9 Å². The molecule has 6 heterocycles. The largest absolute Gasteiger partial charge is 0.508 e. The van der Waals surface area contributed by atoms with Gasteiger partial charge in [0.1, 0.15) is 23.2 Å². The van der Waals surface area contributed by atoms with Gasteiger partial charge in [-0.2, -0.15) is 4.31 Å². The molecule has 0 aliphatic carbocycles. The number of benzene rings is 2. The number of phenols is 1. The third-order valence-electron chi connectivity index (χ3n) is 13.8. The van der Waals surface area contributed by atoms with Crippen molar-refractivity contribution >= 4 is 38.6 Å². The molecular formula is C49H66N8O9S. The van der Waals surface area contributed by atoms with Crippen LogP contribution in [0.4, 0.5) is 0 Å². The minimum absolute atomic E-state index is 0.0134. The molecule has 4 aliphatic heterocycles. The SMILES string of the molecule is CCn1c(-c2cccnc2[C@H](C)OC)c2c3cc(ccc31)-c1cc(O)cc(c1)C[C@H](NC(=O)[C@H](C(C)C)N(C)C(=O)C1CN(S(=O)(=O)[C@@H]3CN3)C1)C(=O)N1CCC[C@H](N1)C(O)OCC(C)(C)C2. The van der Waals surface area contributed by atoms with Gasteiger partial charge < -0.3 is 34.5 Å². The van der Waals surface area contributed by atoms with Crippen molar-refractivity contribution in [3.63, 3.8) is 0 Å². The maximum Gasteiger partial charge on any atom is 0.259 e. The van der Waals surface area contributed by atoms with Crippen LogP contribution in [0.2, 0.25) is 0 Å². The number of carbonyl (C=O) groups is 3. The third kappa shape index (κ3) is 9.84. The lowest BCUT2D eigenvalue weighted by Gasteiger charge is -2.41. The Labute approximate surface area is 393 Å². The number of rotatable bonds is 11. The van der Waals surface area contributed by atoms with Gasteiger partial charge in [-0.05, 0) is 103 Å². The number of hydrogen-bond donors (Lipinski definition) is 5. The van der Waals surface area contributed by atoms with Crippen LogP contribution >= 0.6 is 0 Å². The Morgan fingerprint density at radius 1 is 1.10 bits per heavy atom. The number of amides is 3. The summed E-state index contributed by atoms with van der Waals surface area (Å²) in [5.41, 5.74) is 9.71. The number of aromatic nitrogens is 2. The number of carbonyl (C=O) groups excluding carboxylic acids is 3. The fourth-order valence-corrected chi connectivity index (χ4v) is 11.7. The molecule has 0 spiro atoms. The molecule has 2 aromatic heterocycles. The maximum atomic E-state index is 14.7. The van der Waals surface area contributed by atoms with Gasteiger partial charge in [-0.15, -0.1) is 0 Å². The molecule has 4 aromatic rings. The topological polar surface area (TPSA) is 218 Å². The van der Waals surface area contributed by atoms with Gasteiger partial charge in [0.05, 0.1) is 36.1 Å². The number of likely N-dealkylation sites (N-methyl/N-ethyl adjacent to an activating group) is 1. The molecule has 0 saturated carbocycles. The van der Waals surface area contributed by atoms with Crippen molar-refractivity contribution in [3.8, 4) is 28.1 Å².